The van der Waals surface area contributed by atoms with Gasteiger partial charge in [0.25, 0.3) is 0 Å². The Morgan fingerprint density at radius 1 is 1.48 bits per heavy atom. The first-order valence-corrected chi connectivity index (χ1v) is 7.92. The highest BCUT2D eigenvalue weighted by Crippen LogP contribution is 2.29. The smallest absolute Gasteiger partial charge is 0.188 e. The van der Waals surface area contributed by atoms with Crippen LogP contribution in [0, 0.1) is 18.3 Å². The minimum atomic E-state index is -0.0580. The minimum Gasteiger partial charge on any atom is -0.494 e. The number of nitrogens with zero attached hydrogens (tertiary/aromatic N) is 4. The highest BCUT2D eigenvalue weighted by molar-refractivity contribution is 5.28. The number of ether oxygens (including phenoxy) is 2. The van der Waals surface area contributed by atoms with Crippen molar-refractivity contribution in [3.63, 3.8) is 0 Å². The van der Waals surface area contributed by atoms with E-state index in [0.29, 0.717) is 18.8 Å². The summed E-state index contributed by atoms with van der Waals surface area (Å²) in [5.74, 6) is 0.876. The molecule has 3 rings (SSSR count). The van der Waals surface area contributed by atoms with Gasteiger partial charge < -0.3 is 9.47 Å². The van der Waals surface area contributed by atoms with Crippen LogP contribution in [0.3, 0.4) is 0 Å². The van der Waals surface area contributed by atoms with E-state index < -0.39 is 0 Å². The monoisotopic (exact) mass is 312 g/mol. The molecule has 23 heavy (non-hydrogen) atoms. The fraction of sp³-hybridized carbons (Fsp3) is 0.471. The molecule has 0 aliphatic carbocycles. The van der Waals surface area contributed by atoms with Gasteiger partial charge in [0.1, 0.15) is 23.6 Å². The van der Waals surface area contributed by atoms with Crippen molar-refractivity contribution in [2.75, 3.05) is 13.2 Å². The molecule has 0 saturated carbocycles. The SMILES string of the molecule is Cc1cccc(OCCCn2nnc(C#N)c2C2CCCO2)c1. The van der Waals surface area contributed by atoms with Gasteiger partial charge >= 0.3 is 0 Å². The van der Waals surface area contributed by atoms with Crippen molar-refractivity contribution in [1.82, 2.24) is 15.0 Å². The molecule has 2 aromatic rings. The predicted octanol–water partition coefficient (Wildman–Crippen LogP) is 2.78. The van der Waals surface area contributed by atoms with Gasteiger partial charge in [-0.1, -0.05) is 17.3 Å². The molecule has 1 unspecified atom stereocenters. The summed E-state index contributed by atoms with van der Waals surface area (Å²) in [5, 5.41) is 17.2. The van der Waals surface area contributed by atoms with Gasteiger partial charge in [0.05, 0.1) is 6.61 Å². The Kier molecular flexibility index (Phi) is 4.89. The Hall–Kier alpha value is -2.39. The van der Waals surface area contributed by atoms with Crippen LogP contribution in [0.2, 0.25) is 0 Å². The Balaban J connectivity index is 1.58. The second-order valence-electron chi connectivity index (χ2n) is 5.68. The molecule has 0 bridgehead atoms. The first-order valence-electron chi connectivity index (χ1n) is 7.92. The fourth-order valence-corrected chi connectivity index (χ4v) is 2.79. The predicted molar refractivity (Wildman–Crippen MR) is 84.0 cm³/mol. The van der Waals surface area contributed by atoms with E-state index in [9.17, 15) is 5.26 Å². The van der Waals surface area contributed by atoms with Crippen molar-refractivity contribution in [2.45, 2.75) is 38.8 Å². The van der Waals surface area contributed by atoms with Gasteiger partial charge in [0, 0.05) is 19.6 Å². The zero-order valence-electron chi connectivity index (χ0n) is 13.2. The number of aryl methyl sites for hydroxylation is 2. The van der Waals surface area contributed by atoms with E-state index in [-0.39, 0.29) is 6.10 Å². The van der Waals surface area contributed by atoms with Crippen molar-refractivity contribution < 1.29 is 9.47 Å². The summed E-state index contributed by atoms with van der Waals surface area (Å²) < 4.78 is 13.2. The second kappa shape index (κ2) is 7.25. The number of hydrogen-bond acceptors (Lipinski definition) is 5. The molecule has 6 heteroatoms. The number of hydrogen-bond donors (Lipinski definition) is 0. The Morgan fingerprint density at radius 2 is 2.39 bits per heavy atom. The fourth-order valence-electron chi connectivity index (χ4n) is 2.79. The molecule has 1 saturated heterocycles. The third-order valence-corrected chi connectivity index (χ3v) is 3.89. The molecule has 2 heterocycles. The van der Waals surface area contributed by atoms with Crippen LogP contribution in [0.15, 0.2) is 24.3 Å². The lowest BCUT2D eigenvalue weighted by molar-refractivity contribution is 0.104. The van der Waals surface area contributed by atoms with Crippen LogP contribution in [0.5, 0.6) is 5.75 Å². The van der Waals surface area contributed by atoms with E-state index in [4.69, 9.17) is 9.47 Å². The van der Waals surface area contributed by atoms with E-state index in [1.165, 1.54) is 5.56 Å². The number of benzene rings is 1. The first-order chi connectivity index (χ1) is 11.3. The molecule has 1 aromatic heterocycles. The van der Waals surface area contributed by atoms with Crippen molar-refractivity contribution in [2.24, 2.45) is 0 Å². The average Bonchev–Trinajstić information content (AvgIpc) is 3.20. The molecule has 1 aromatic carbocycles. The molecule has 1 atom stereocenters. The third-order valence-electron chi connectivity index (χ3n) is 3.89. The van der Waals surface area contributed by atoms with E-state index in [0.717, 1.165) is 37.3 Å². The van der Waals surface area contributed by atoms with Crippen LogP contribution < -0.4 is 4.74 Å². The van der Waals surface area contributed by atoms with E-state index in [1.807, 2.05) is 31.2 Å². The molecule has 0 amide bonds. The zero-order valence-corrected chi connectivity index (χ0v) is 13.2. The van der Waals surface area contributed by atoms with Gasteiger partial charge in [-0.05, 0) is 37.5 Å². The zero-order chi connectivity index (χ0) is 16.1. The Labute approximate surface area is 135 Å². The van der Waals surface area contributed by atoms with Crippen LogP contribution in [0.4, 0.5) is 0 Å². The molecule has 0 N–H and O–H groups in total. The third kappa shape index (κ3) is 3.69. The minimum absolute atomic E-state index is 0.0580. The molecule has 1 aliphatic rings. The van der Waals surface area contributed by atoms with E-state index in [2.05, 4.69) is 16.4 Å². The molecule has 0 radical (unpaired) electrons. The van der Waals surface area contributed by atoms with Crippen molar-refractivity contribution in [3.05, 3.63) is 41.2 Å². The maximum absolute atomic E-state index is 9.19. The summed E-state index contributed by atoms with van der Waals surface area (Å²) in [6.07, 6.45) is 2.67. The van der Waals surface area contributed by atoms with Gasteiger partial charge in [-0.2, -0.15) is 5.26 Å². The molecule has 120 valence electrons. The molecular weight excluding hydrogens is 292 g/mol. The van der Waals surface area contributed by atoms with Gasteiger partial charge in [0.2, 0.25) is 0 Å². The molecular formula is C17H20N4O2. The summed E-state index contributed by atoms with van der Waals surface area (Å²) in [5.41, 5.74) is 2.36. The summed E-state index contributed by atoms with van der Waals surface area (Å²) in [6, 6.07) is 10.1. The van der Waals surface area contributed by atoms with Crippen molar-refractivity contribution in [1.29, 1.82) is 5.26 Å². The van der Waals surface area contributed by atoms with E-state index >= 15 is 0 Å². The molecule has 1 aliphatic heterocycles. The lowest BCUT2D eigenvalue weighted by atomic mass is 10.1. The van der Waals surface area contributed by atoms with Crippen LogP contribution >= 0.6 is 0 Å². The maximum atomic E-state index is 9.19. The number of rotatable bonds is 6. The lowest BCUT2D eigenvalue weighted by Gasteiger charge is -2.12. The lowest BCUT2D eigenvalue weighted by Crippen LogP contribution is -2.12. The van der Waals surface area contributed by atoms with Gasteiger partial charge in [-0.15, -0.1) is 5.10 Å². The topological polar surface area (TPSA) is 73.0 Å². The summed E-state index contributed by atoms with van der Waals surface area (Å²) in [7, 11) is 0. The Morgan fingerprint density at radius 3 is 3.13 bits per heavy atom. The summed E-state index contributed by atoms with van der Waals surface area (Å²) >= 11 is 0. The first kappa shape index (κ1) is 15.5. The quantitative estimate of drug-likeness (QED) is 0.767. The molecule has 0 spiro atoms. The highest BCUT2D eigenvalue weighted by atomic mass is 16.5. The molecule has 6 nitrogen and oxygen atoms in total. The Bertz CT molecular complexity index is 699. The summed E-state index contributed by atoms with van der Waals surface area (Å²) in [6.45, 7) is 4.03. The largest absolute Gasteiger partial charge is 0.494 e. The van der Waals surface area contributed by atoms with Crippen LogP contribution in [0.1, 0.15) is 42.3 Å². The average molecular weight is 312 g/mol. The summed E-state index contributed by atoms with van der Waals surface area (Å²) in [4.78, 5) is 0. The van der Waals surface area contributed by atoms with Gasteiger partial charge in [0.15, 0.2) is 5.69 Å². The van der Waals surface area contributed by atoms with Crippen molar-refractivity contribution >= 4 is 0 Å². The second-order valence-corrected chi connectivity index (χ2v) is 5.68. The standard InChI is InChI=1S/C17H20N4O2/c1-13-5-2-6-14(11-13)22-10-4-8-21-17(15(12-18)19-20-21)16-7-3-9-23-16/h2,5-6,11,16H,3-4,7-10H2,1H3. The maximum Gasteiger partial charge on any atom is 0.188 e. The van der Waals surface area contributed by atoms with Crippen molar-refractivity contribution in [3.8, 4) is 11.8 Å². The highest BCUT2D eigenvalue weighted by Gasteiger charge is 2.26. The van der Waals surface area contributed by atoms with Gasteiger partial charge in [-0.3, -0.25) is 0 Å². The van der Waals surface area contributed by atoms with Gasteiger partial charge in [-0.25, -0.2) is 4.68 Å². The van der Waals surface area contributed by atoms with Crippen LogP contribution in [0.25, 0.3) is 0 Å². The van der Waals surface area contributed by atoms with Crippen LogP contribution in [-0.2, 0) is 11.3 Å². The number of nitriles is 1. The molecule has 1 fully saturated rings. The van der Waals surface area contributed by atoms with Crippen LogP contribution in [-0.4, -0.2) is 28.2 Å². The van der Waals surface area contributed by atoms with E-state index in [1.54, 1.807) is 4.68 Å². The normalized spacial score (nSPS) is 17.1. The number of aromatic nitrogens is 3.